The topological polar surface area (TPSA) is 77.1 Å². The zero-order valence-electron chi connectivity index (χ0n) is 12.7. The van der Waals surface area contributed by atoms with Crippen LogP contribution >= 0.6 is 11.6 Å². The number of pyridine rings is 1. The fraction of sp³-hybridized carbons (Fsp3) is 0.0625. The van der Waals surface area contributed by atoms with E-state index in [1.54, 1.807) is 0 Å². The van der Waals surface area contributed by atoms with Crippen molar-refractivity contribution < 1.29 is 22.6 Å². The van der Waals surface area contributed by atoms with Gasteiger partial charge >= 0.3 is 12.2 Å². The first-order valence-electron chi connectivity index (χ1n) is 7.06. The summed E-state index contributed by atoms with van der Waals surface area (Å²) >= 11 is 5.51. The van der Waals surface area contributed by atoms with Gasteiger partial charge < -0.3 is 9.47 Å². The maximum absolute atomic E-state index is 12.8. The minimum atomic E-state index is -4.69. The largest absolute Gasteiger partial charge is 0.439 e. The number of halogens is 4. The van der Waals surface area contributed by atoms with E-state index in [9.17, 15) is 18.0 Å². The second-order valence-corrected chi connectivity index (χ2v) is 5.30. The van der Waals surface area contributed by atoms with Gasteiger partial charge in [0.05, 0.1) is 5.02 Å². The van der Waals surface area contributed by atoms with Gasteiger partial charge in [0.1, 0.15) is 11.5 Å². The van der Waals surface area contributed by atoms with Crippen molar-refractivity contribution in [2.24, 2.45) is 0 Å². The summed E-state index contributed by atoms with van der Waals surface area (Å²) in [6, 6.07) is 9.41. The van der Waals surface area contributed by atoms with Gasteiger partial charge in [-0.05, 0) is 30.3 Å². The monoisotopic (exact) mass is 383 g/mol. The van der Waals surface area contributed by atoms with Gasteiger partial charge in [-0.25, -0.2) is 9.97 Å². The van der Waals surface area contributed by atoms with Crippen LogP contribution in [0.3, 0.4) is 0 Å². The molecule has 0 aliphatic carbocycles. The van der Waals surface area contributed by atoms with Crippen molar-refractivity contribution in [3.8, 4) is 23.4 Å². The summed E-state index contributed by atoms with van der Waals surface area (Å²) in [7, 11) is 0. The SMILES string of the molecule is O=c1ccnc(Oc2ccc(Oc3ccc(Cl)c(C(F)(F)F)n3)cc2)[nH]1. The van der Waals surface area contributed by atoms with Gasteiger partial charge in [-0.15, -0.1) is 0 Å². The minimum absolute atomic E-state index is 0.000329. The van der Waals surface area contributed by atoms with E-state index in [2.05, 4.69) is 15.0 Å². The molecule has 26 heavy (non-hydrogen) atoms. The first kappa shape index (κ1) is 17.7. The van der Waals surface area contributed by atoms with Gasteiger partial charge in [0.2, 0.25) is 5.88 Å². The lowest BCUT2D eigenvalue weighted by molar-refractivity contribution is -0.141. The van der Waals surface area contributed by atoms with E-state index in [0.29, 0.717) is 5.75 Å². The highest BCUT2D eigenvalue weighted by molar-refractivity contribution is 6.31. The van der Waals surface area contributed by atoms with Crippen molar-refractivity contribution in [3.63, 3.8) is 0 Å². The lowest BCUT2D eigenvalue weighted by atomic mass is 10.3. The number of ether oxygens (including phenoxy) is 2. The first-order valence-corrected chi connectivity index (χ1v) is 7.44. The number of rotatable bonds is 4. The fourth-order valence-electron chi connectivity index (χ4n) is 1.89. The molecule has 0 aliphatic rings. The van der Waals surface area contributed by atoms with Crippen LogP contribution < -0.4 is 15.0 Å². The zero-order chi connectivity index (χ0) is 18.7. The molecule has 0 unspecified atom stereocenters. The number of H-pyrrole nitrogens is 1. The molecule has 3 aromatic rings. The quantitative estimate of drug-likeness (QED) is 0.721. The molecule has 0 amide bonds. The highest BCUT2D eigenvalue weighted by Crippen LogP contribution is 2.35. The molecule has 10 heteroatoms. The van der Waals surface area contributed by atoms with Crippen LogP contribution in [0.15, 0.2) is 53.5 Å². The normalized spacial score (nSPS) is 11.2. The first-order chi connectivity index (χ1) is 12.3. The molecular formula is C16H9ClF3N3O3. The Morgan fingerprint density at radius 2 is 1.62 bits per heavy atom. The molecule has 0 spiro atoms. The van der Waals surface area contributed by atoms with E-state index in [1.807, 2.05) is 0 Å². The van der Waals surface area contributed by atoms with E-state index in [0.717, 1.165) is 6.07 Å². The molecule has 134 valence electrons. The predicted octanol–water partition coefficient (Wildman–Crippen LogP) is 4.42. The molecule has 0 bridgehead atoms. The summed E-state index contributed by atoms with van der Waals surface area (Å²) in [6.07, 6.45) is -3.40. The van der Waals surface area contributed by atoms with Crippen LogP contribution in [0.25, 0.3) is 0 Å². The van der Waals surface area contributed by atoms with Crippen LogP contribution in [0, 0.1) is 0 Å². The predicted molar refractivity (Wildman–Crippen MR) is 85.7 cm³/mol. The Hall–Kier alpha value is -3.07. The second kappa shape index (κ2) is 7.04. The van der Waals surface area contributed by atoms with Crippen molar-refractivity contribution in [2.45, 2.75) is 6.18 Å². The Morgan fingerprint density at radius 3 is 2.23 bits per heavy atom. The van der Waals surface area contributed by atoms with E-state index in [-0.39, 0.29) is 23.2 Å². The third-order valence-corrected chi connectivity index (χ3v) is 3.30. The Kier molecular flexibility index (Phi) is 4.81. The van der Waals surface area contributed by atoms with Crippen molar-refractivity contribution >= 4 is 11.6 Å². The van der Waals surface area contributed by atoms with Crippen LogP contribution in [0.4, 0.5) is 13.2 Å². The Balaban J connectivity index is 1.74. The molecule has 6 nitrogen and oxygen atoms in total. The number of aromatic nitrogens is 3. The van der Waals surface area contributed by atoms with Crippen LogP contribution in [0.2, 0.25) is 5.02 Å². The fourth-order valence-corrected chi connectivity index (χ4v) is 2.10. The van der Waals surface area contributed by atoms with Gasteiger partial charge in [0.25, 0.3) is 5.56 Å². The summed E-state index contributed by atoms with van der Waals surface area (Å²) in [5, 5.41) is -0.516. The van der Waals surface area contributed by atoms with E-state index in [1.165, 1.54) is 42.6 Å². The molecule has 0 saturated carbocycles. The Bertz CT molecular complexity index is 975. The molecule has 2 heterocycles. The molecule has 0 aliphatic heterocycles. The molecule has 1 aromatic carbocycles. The number of nitrogens with zero attached hydrogens (tertiary/aromatic N) is 2. The van der Waals surface area contributed by atoms with E-state index in [4.69, 9.17) is 21.1 Å². The molecule has 1 N–H and O–H groups in total. The van der Waals surface area contributed by atoms with Crippen molar-refractivity contribution in [1.29, 1.82) is 0 Å². The maximum atomic E-state index is 12.8. The third-order valence-electron chi connectivity index (χ3n) is 3.00. The summed E-state index contributed by atoms with van der Waals surface area (Å²) in [5.41, 5.74) is -1.60. The van der Waals surface area contributed by atoms with E-state index >= 15 is 0 Å². The smallest absolute Gasteiger partial charge is 0.434 e. The minimum Gasteiger partial charge on any atom is -0.439 e. The summed E-state index contributed by atoms with van der Waals surface area (Å²) < 4.78 is 49.1. The van der Waals surface area contributed by atoms with Crippen LogP contribution in [-0.2, 0) is 6.18 Å². The average Bonchev–Trinajstić information content (AvgIpc) is 2.57. The highest BCUT2D eigenvalue weighted by Gasteiger charge is 2.35. The van der Waals surface area contributed by atoms with Crippen LogP contribution in [-0.4, -0.2) is 15.0 Å². The Morgan fingerprint density at radius 1 is 0.962 bits per heavy atom. The number of aromatic amines is 1. The molecule has 0 fully saturated rings. The standard InChI is InChI=1S/C16H9ClF3N3O3/c17-11-5-6-13(23-14(11)16(18,19)20)25-9-1-3-10(4-2-9)26-15-21-8-7-12(24)22-15/h1-8H,(H,21,22,24). The van der Waals surface area contributed by atoms with Gasteiger partial charge in [-0.2, -0.15) is 13.2 Å². The number of hydrogen-bond donors (Lipinski definition) is 1. The number of hydrogen-bond acceptors (Lipinski definition) is 5. The van der Waals surface area contributed by atoms with Crippen molar-refractivity contribution in [3.05, 3.63) is 69.7 Å². The number of benzene rings is 1. The zero-order valence-corrected chi connectivity index (χ0v) is 13.5. The highest BCUT2D eigenvalue weighted by atomic mass is 35.5. The average molecular weight is 384 g/mol. The third kappa shape index (κ3) is 4.31. The molecule has 0 atom stereocenters. The van der Waals surface area contributed by atoms with Crippen LogP contribution in [0.1, 0.15) is 5.69 Å². The molecular weight excluding hydrogens is 375 g/mol. The molecule has 2 aromatic heterocycles. The van der Waals surface area contributed by atoms with Crippen LogP contribution in [0.5, 0.6) is 23.4 Å². The van der Waals surface area contributed by atoms with Crippen molar-refractivity contribution in [2.75, 3.05) is 0 Å². The maximum Gasteiger partial charge on any atom is 0.434 e. The van der Waals surface area contributed by atoms with Gasteiger partial charge in [-0.3, -0.25) is 9.78 Å². The van der Waals surface area contributed by atoms with Gasteiger partial charge in [0.15, 0.2) is 5.69 Å². The van der Waals surface area contributed by atoms with Crippen molar-refractivity contribution in [1.82, 2.24) is 15.0 Å². The number of nitrogens with one attached hydrogen (secondary N) is 1. The van der Waals surface area contributed by atoms with Gasteiger partial charge in [-0.1, -0.05) is 11.6 Å². The summed E-state index contributed by atoms with van der Waals surface area (Å²) in [6.45, 7) is 0. The lowest BCUT2D eigenvalue weighted by Gasteiger charge is -2.11. The molecule has 3 rings (SSSR count). The number of alkyl halides is 3. The summed E-state index contributed by atoms with van der Waals surface area (Å²) in [5.74, 6) is 0.311. The van der Waals surface area contributed by atoms with Gasteiger partial charge in [0, 0.05) is 18.3 Å². The summed E-state index contributed by atoms with van der Waals surface area (Å²) in [4.78, 5) is 20.8. The second-order valence-electron chi connectivity index (χ2n) is 4.89. The molecule has 0 radical (unpaired) electrons. The Labute approximate surface area is 149 Å². The molecule has 0 saturated heterocycles. The van der Waals surface area contributed by atoms with E-state index < -0.39 is 16.9 Å². The lowest BCUT2D eigenvalue weighted by Crippen LogP contribution is -2.09.